The summed E-state index contributed by atoms with van der Waals surface area (Å²) in [5, 5.41) is 6.16. The second kappa shape index (κ2) is 4.65. The van der Waals surface area contributed by atoms with Gasteiger partial charge >= 0.3 is 11.1 Å². The molecule has 0 unspecified atom stereocenters. The first kappa shape index (κ1) is 8.91. The molecule has 0 amide bonds. The van der Waals surface area contributed by atoms with Crippen LogP contribution in [0.4, 0.5) is 0 Å². The average Bonchev–Trinajstić information content (AvgIpc) is 2.55. The lowest BCUT2D eigenvalue weighted by molar-refractivity contribution is 0.923. The fourth-order valence-electron chi connectivity index (χ4n) is 0.512. The van der Waals surface area contributed by atoms with Crippen molar-refractivity contribution in [2.75, 3.05) is 0 Å². The molecule has 0 aliphatic carbocycles. The molecule has 68 valence electrons. The predicted octanol–water partition coefficient (Wildman–Crippen LogP) is -1.13. The number of H-pyrrole nitrogens is 3. The summed E-state index contributed by atoms with van der Waals surface area (Å²) in [6.45, 7) is 0. The minimum atomic E-state index is -0.653. The first-order chi connectivity index (χ1) is 6.30. The van der Waals surface area contributed by atoms with Gasteiger partial charge in [0.1, 0.15) is 6.33 Å². The molecule has 2 heterocycles. The highest BCUT2D eigenvalue weighted by Crippen LogP contribution is 1.66. The molecule has 3 N–H and O–H groups in total. The van der Waals surface area contributed by atoms with E-state index >= 15 is 0 Å². The van der Waals surface area contributed by atoms with E-state index in [9.17, 15) is 9.59 Å². The lowest BCUT2D eigenvalue weighted by Gasteiger charge is -1.70. The first-order valence-electron chi connectivity index (χ1n) is 3.36. The average molecular weight is 181 g/mol. The number of rotatable bonds is 0. The monoisotopic (exact) mass is 181 g/mol. The Bertz CT molecular complexity index is 377. The van der Waals surface area contributed by atoms with Crippen molar-refractivity contribution in [1.82, 2.24) is 25.4 Å². The van der Waals surface area contributed by atoms with Crippen LogP contribution in [0.5, 0.6) is 0 Å². The van der Waals surface area contributed by atoms with E-state index < -0.39 is 11.1 Å². The molecule has 0 bridgehead atoms. The van der Waals surface area contributed by atoms with Crippen LogP contribution in [-0.2, 0) is 0 Å². The molecule has 0 radical (unpaired) electrons. The van der Waals surface area contributed by atoms with Crippen molar-refractivity contribution in [3.8, 4) is 0 Å². The second-order valence-corrected chi connectivity index (χ2v) is 1.94. The molecule has 0 aliphatic rings. The van der Waals surface area contributed by atoms with E-state index in [1.54, 1.807) is 18.5 Å². The minimum absolute atomic E-state index is 0.653. The van der Waals surface area contributed by atoms with E-state index in [4.69, 9.17) is 0 Å². The molecule has 0 fully saturated rings. The number of aromatic amines is 3. The first-order valence-corrected chi connectivity index (χ1v) is 3.36. The number of nitrogens with one attached hydrogen (secondary N) is 3. The van der Waals surface area contributed by atoms with Gasteiger partial charge in [-0.2, -0.15) is 0 Å². The highest BCUT2D eigenvalue weighted by Gasteiger charge is 1.85. The van der Waals surface area contributed by atoms with Crippen molar-refractivity contribution in [3.05, 3.63) is 45.5 Å². The Hall–Kier alpha value is -2.18. The summed E-state index contributed by atoms with van der Waals surface area (Å²) in [5.74, 6) is 0. The summed E-state index contributed by atoms with van der Waals surface area (Å²) in [4.78, 5) is 27.3. The van der Waals surface area contributed by atoms with Crippen LogP contribution in [0.2, 0.25) is 0 Å². The van der Waals surface area contributed by atoms with Gasteiger partial charge in [-0.15, -0.1) is 0 Å². The Kier molecular flexibility index (Phi) is 3.19. The third-order valence-corrected chi connectivity index (χ3v) is 1.04. The maximum atomic E-state index is 9.99. The van der Waals surface area contributed by atoms with Gasteiger partial charge in [-0.3, -0.25) is 9.59 Å². The quantitative estimate of drug-likeness (QED) is 0.447. The van der Waals surface area contributed by atoms with Gasteiger partial charge in [-0.05, 0) is 6.07 Å². The number of hydrogen-bond donors (Lipinski definition) is 3. The van der Waals surface area contributed by atoms with Crippen molar-refractivity contribution in [2.24, 2.45) is 0 Å². The highest BCUT2D eigenvalue weighted by molar-refractivity contribution is 4.74. The van der Waals surface area contributed by atoms with Gasteiger partial charge in [0, 0.05) is 12.4 Å². The molecule has 2 rings (SSSR count). The molecule has 2 aromatic heterocycles. The molecule has 7 heteroatoms. The Labute approximate surface area is 71.8 Å². The van der Waals surface area contributed by atoms with Gasteiger partial charge in [-0.1, -0.05) is 0 Å². The van der Waals surface area contributed by atoms with Crippen LogP contribution < -0.4 is 11.1 Å². The Balaban J connectivity index is 0.000000132. The van der Waals surface area contributed by atoms with Crippen LogP contribution in [0.25, 0.3) is 0 Å². The molecule has 0 aliphatic heterocycles. The van der Waals surface area contributed by atoms with Crippen molar-refractivity contribution >= 4 is 0 Å². The van der Waals surface area contributed by atoms with Gasteiger partial charge in [0.05, 0.1) is 0 Å². The predicted molar refractivity (Wildman–Crippen MR) is 44.1 cm³/mol. The van der Waals surface area contributed by atoms with Gasteiger partial charge in [0.15, 0.2) is 0 Å². The Morgan fingerprint density at radius 2 is 1.54 bits per heavy atom. The summed E-state index contributed by atoms with van der Waals surface area (Å²) in [5.41, 5.74) is -1.31. The largest absolute Gasteiger partial charge is 0.330 e. The SMILES string of the molecule is O=c1[nH][nH][nH]c1=O.c1cncnc1. The number of nitrogens with zero attached hydrogens (tertiary/aromatic N) is 2. The summed E-state index contributed by atoms with van der Waals surface area (Å²) in [7, 11) is 0. The number of aromatic nitrogens is 5. The highest BCUT2D eigenvalue weighted by atomic mass is 16.2. The van der Waals surface area contributed by atoms with Gasteiger partial charge in [0.2, 0.25) is 0 Å². The van der Waals surface area contributed by atoms with E-state index in [0.717, 1.165) is 0 Å². The van der Waals surface area contributed by atoms with Crippen molar-refractivity contribution in [3.63, 3.8) is 0 Å². The van der Waals surface area contributed by atoms with E-state index in [2.05, 4.69) is 15.2 Å². The fourth-order valence-corrected chi connectivity index (χ4v) is 0.512. The summed E-state index contributed by atoms with van der Waals surface area (Å²) >= 11 is 0. The Morgan fingerprint density at radius 1 is 1.00 bits per heavy atom. The molecule has 0 aromatic carbocycles. The number of hydrogen-bond acceptors (Lipinski definition) is 4. The topological polar surface area (TPSA) is 107 Å². The molecular formula is C6H7N5O2. The van der Waals surface area contributed by atoms with Crippen LogP contribution in [0.3, 0.4) is 0 Å². The second-order valence-electron chi connectivity index (χ2n) is 1.94. The third-order valence-electron chi connectivity index (χ3n) is 1.04. The smallest absolute Gasteiger partial charge is 0.262 e. The maximum absolute atomic E-state index is 9.99. The molecular weight excluding hydrogens is 174 g/mol. The third kappa shape index (κ3) is 3.14. The lowest BCUT2D eigenvalue weighted by Crippen LogP contribution is -2.20. The summed E-state index contributed by atoms with van der Waals surface area (Å²) < 4.78 is 0. The van der Waals surface area contributed by atoms with Crippen LogP contribution in [0, 0.1) is 0 Å². The van der Waals surface area contributed by atoms with E-state index in [1.807, 2.05) is 10.2 Å². The van der Waals surface area contributed by atoms with Gasteiger partial charge < -0.3 is 0 Å². The molecule has 13 heavy (non-hydrogen) atoms. The zero-order valence-corrected chi connectivity index (χ0v) is 6.52. The summed E-state index contributed by atoms with van der Waals surface area (Å²) in [6, 6.07) is 1.78. The van der Waals surface area contributed by atoms with Crippen molar-refractivity contribution < 1.29 is 0 Å². The minimum Gasteiger partial charge on any atom is -0.262 e. The van der Waals surface area contributed by atoms with Crippen LogP contribution >= 0.6 is 0 Å². The fraction of sp³-hybridized carbons (Fsp3) is 0. The summed E-state index contributed by atoms with van der Waals surface area (Å²) in [6.07, 6.45) is 4.88. The normalized spacial score (nSPS) is 8.62. The molecule has 0 saturated carbocycles. The molecule has 7 nitrogen and oxygen atoms in total. The molecule has 0 atom stereocenters. The Morgan fingerprint density at radius 3 is 1.69 bits per heavy atom. The van der Waals surface area contributed by atoms with Crippen LogP contribution in [-0.4, -0.2) is 25.4 Å². The zero-order chi connectivity index (χ0) is 9.52. The van der Waals surface area contributed by atoms with Gasteiger partial charge in [0.25, 0.3) is 0 Å². The van der Waals surface area contributed by atoms with Gasteiger partial charge in [-0.25, -0.2) is 25.4 Å². The standard InChI is InChI=1S/C4H4N2.C2H3N3O2/c1-2-5-4-6-3-1;6-1-2(7)4-5-3-1/h1-4H;(H3,3,4,5,6,7). The van der Waals surface area contributed by atoms with Crippen molar-refractivity contribution in [1.29, 1.82) is 0 Å². The van der Waals surface area contributed by atoms with Crippen LogP contribution in [0.15, 0.2) is 34.4 Å². The molecule has 2 aromatic rings. The molecule has 0 saturated heterocycles. The van der Waals surface area contributed by atoms with E-state index in [-0.39, 0.29) is 0 Å². The maximum Gasteiger partial charge on any atom is 0.330 e. The van der Waals surface area contributed by atoms with E-state index in [1.165, 1.54) is 6.33 Å². The van der Waals surface area contributed by atoms with E-state index in [0.29, 0.717) is 0 Å². The van der Waals surface area contributed by atoms with Crippen molar-refractivity contribution in [2.45, 2.75) is 0 Å². The van der Waals surface area contributed by atoms with Crippen LogP contribution in [0.1, 0.15) is 0 Å². The molecule has 0 spiro atoms. The lowest BCUT2D eigenvalue weighted by atomic mass is 10.7. The zero-order valence-electron chi connectivity index (χ0n) is 6.52.